The van der Waals surface area contributed by atoms with Crippen LogP contribution in [0.5, 0.6) is 5.75 Å². The zero-order valence-electron chi connectivity index (χ0n) is 12.6. The Kier molecular flexibility index (Phi) is 6.67. The van der Waals surface area contributed by atoms with E-state index >= 15 is 0 Å². The maximum absolute atomic E-state index is 6.24. The average Bonchev–Trinajstić information content (AvgIpc) is 2.33. The molecule has 0 saturated heterocycles. The fourth-order valence-electron chi connectivity index (χ4n) is 1.67. The number of nitrogens with one attached hydrogen (secondary N) is 1. The minimum atomic E-state index is 0.113. The van der Waals surface area contributed by atoms with Gasteiger partial charge in [0.05, 0.1) is 11.6 Å². The van der Waals surface area contributed by atoms with E-state index in [4.69, 9.17) is 16.3 Å². The summed E-state index contributed by atoms with van der Waals surface area (Å²) in [7, 11) is 0. The van der Waals surface area contributed by atoms with Crippen molar-refractivity contribution in [1.82, 2.24) is 5.32 Å². The van der Waals surface area contributed by atoms with E-state index in [1.54, 1.807) is 0 Å². The van der Waals surface area contributed by atoms with Gasteiger partial charge < -0.3 is 10.1 Å². The third kappa shape index (κ3) is 6.84. The molecule has 0 atom stereocenters. The molecule has 19 heavy (non-hydrogen) atoms. The number of hydrogen-bond acceptors (Lipinski definition) is 2. The molecule has 108 valence electrons. The molecular weight excluding hydrogens is 258 g/mol. The molecule has 0 heterocycles. The third-order valence-corrected chi connectivity index (χ3v) is 3.12. The quantitative estimate of drug-likeness (QED) is 0.726. The van der Waals surface area contributed by atoms with Crippen LogP contribution in [0.25, 0.3) is 0 Å². The molecule has 0 unspecified atom stereocenters. The minimum absolute atomic E-state index is 0.113. The zero-order chi connectivity index (χ0) is 14.3. The van der Waals surface area contributed by atoms with Crippen LogP contribution < -0.4 is 10.1 Å². The maximum Gasteiger partial charge on any atom is 0.137 e. The lowest BCUT2D eigenvalue weighted by molar-refractivity contribution is 0.306. The van der Waals surface area contributed by atoms with E-state index in [0.717, 1.165) is 25.3 Å². The molecule has 0 saturated carbocycles. The number of hydrogen-bond donors (Lipinski definition) is 1. The first kappa shape index (κ1) is 16.3. The lowest BCUT2D eigenvalue weighted by atomic mass is 10.1. The highest BCUT2D eigenvalue weighted by atomic mass is 35.5. The van der Waals surface area contributed by atoms with E-state index in [1.807, 2.05) is 12.1 Å². The summed E-state index contributed by atoms with van der Waals surface area (Å²) >= 11 is 6.24. The molecule has 0 aliphatic carbocycles. The molecule has 0 fully saturated rings. The van der Waals surface area contributed by atoms with Gasteiger partial charge in [0.1, 0.15) is 5.75 Å². The van der Waals surface area contributed by atoms with Gasteiger partial charge in [0.25, 0.3) is 0 Å². The average molecular weight is 284 g/mol. The van der Waals surface area contributed by atoms with Gasteiger partial charge in [0.15, 0.2) is 0 Å². The Labute approximate surface area is 122 Å². The van der Waals surface area contributed by atoms with Gasteiger partial charge in [-0.3, -0.25) is 0 Å². The first-order valence-electron chi connectivity index (χ1n) is 7.08. The fourth-order valence-corrected chi connectivity index (χ4v) is 1.93. The first-order chi connectivity index (χ1) is 8.92. The van der Waals surface area contributed by atoms with Gasteiger partial charge in [-0.1, -0.05) is 37.4 Å². The van der Waals surface area contributed by atoms with E-state index in [0.29, 0.717) is 5.02 Å². The summed E-state index contributed by atoms with van der Waals surface area (Å²) in [6.07, 6.45) is 3.49. The highest BCUT2D eigenvalue weighted by molar-refractivity contribution is 6.32. The normalized spacial score (nSPS) is 11.6. The van der Waals surface area contributed by atoms with Crippen molar-refractivity contribution in [2.75, 3.05) is 6.61 Å². The Morgan fingerprint density at radius 1 is 1.21 bits per heavy atom. The summed E-state index contributed by atoms with van der Waals surface area (Å²) in [5.74, 6) is 0.789. The van der Waals surface area contributed by atoms with Crippen LogP contribution >= 0.6 is 11.6 Å². The number of rotatable bonds is 7. The van der Waals surface area contributed by atoms with Crippen LogP contribution in [0.2, 0.25) is 5.02 Å². The van der Waals surface area contributed by atoms with Crippen molar-refractivity contribution < 1.29 is 4.74 Å². The first-order valence-corrected chi connectivity index (χ1v) is 7.46. The van der Waals surface area contributed by atoms with Gasteiger partial charge in [0, 0.05) is 12.1 Å². The summed E-state index contributed by atoms with van der Waals surface area (Å²) < 4.78 is 5.69. The molecule has 0 radical (unpaired) electrons. The smallest absolute Gasteiger partial charge is 0.137 e. The lowest BCUT2D eigenvalue weighted by Crippen LogP contribution is -2.35. The van der Waals surface area contributed by atoms with Crippen molar-refractivity contribution in [3.63, 3.8) is 0 Å². The van der Waals surface area contributed by atoms with Crippen molar-refractivity contribution in [2.45, 2.75) is 59.0 Å². The summed E-state index contributed by atoms with van der Waals surface area (Å²) in [5.41, 5.74) is 1.29. The Bertz CT molecular complexity index is 385. The van der Waals surface area contributed by atoms with E-state index in [9.17, 15) is 0 Å². The highest BCUT2D eigenvalue weighted by Gasteiger charge is 2.09. The number of ether oxygens (including phenoxy) is 1. The second kappa shape index (κ2) is 7.76. The molecule has 0 amide bonds. The topological polar surface area (TPSA) is 21.3 Å². The zero-order valence-corrected chi connectivity index (χ0v) is 13.3. The molecule has 3 heteroatoms. The monoisotopic (exact) mass is 283 g/mol. The maximum atomic E-state index is 6.24. The van der Waals surface area contributed by atoms with Gasteiger partial charge in [0.2, 0.25) is 0 Å². The molecule has 0 aliphatic heterocycles. The number of halogens is 1. The van der Waals surface area contributed by atoms with Crippen molar-refractivity contribution in [3.05, 3.63) is 28.8 Å². The predicted octanol–water partition coefficient (Wildman–Crippen LogP) is 4.80. The lowest BCUT2D eigenvalue weighted by Gasteiger charge is -2.20. The van der Waals surface area contributed by atoms with Crippen LogP contribution in [-0.2, 0) is 6.54 Å². The molecule has 0 spiro atoms. The van der Waals surface area contributed by atoms with Crippen molar-refractivity contribution in [1.29, 1.82) is 0 Å². The molecule has 1 aromatic rings. The standard InChI is InChI=1S/C16H26ClNO/c1-5-6-7-10-19-15-9-8-13(11-14(15)17)12-18-16(2,3)4/h8-9,11,18H,5-7,10,12H2,1-4H3. The van der Waals surface area contributed by atoms with Crippen LogP contribution in [0.15, 0.2) is 18.2 Å². The molecule has 0 bridgehead atoms. The van der Waals surface area contributed by atoms with Gasteiger partial charge in [-0.2, -0.15) is 0 Å². The Morgan fingerprint density at radius 2 is 1.95 bits per heavy atom. The summed E-state index contributed by atoms with van der Waals surface area (Å²) in [4.78, 5) is 0. The minimum Gasteiger partial charge on any atom is -0.492 e. The number of unbranched alkanes of at least 4 members (excludes halogenated alkanes) is 2. The Balaban J connectivity index is 2.49. The van der Waals surface area contributed by atoms with E-state index < -0.39 is 0 Å². The van der Waals surface area contributed by atoms with Crippen molar-refractivity contribution in [3.8, 4) is 5.75 Å². The second-order valence-corrected chi connectivity index (χ2v) is 6.33. The van der Waals surface area contributed by atoms with Crippen LogP contribution in [0, 0.1) is 0 Å². The summed E-state index contributed by atoms with van der Waals surface area (Å²) in [6, 6.07) is 6.02. The molecule has 1 aromatic carbocycles. The van der Waals surface area contributed by atoms with Crippen molar-refractivity contribution in [2.24, 2.45) is 0 Å². The predicted molar refractivity (Wildman–Crippen MR) is 83.1 cm³/mol. The molecule has 0 aliphatic rings. The van der Waals surface area contributed by atoms with Crippen LogP contribution in [0.3, 0.4) is 0 Å². The van der Waals surface area contributed by atoms with E-state index in [-0.39, 0.29) is 5.54 Å². The van der Waals surface area contributed by atoms with Crippen LogP contribution in [0.4, 0.5) is 0 Å². The molecule has 0 aromatic heterocycles. The van der Waals surface area contributed by atoms with Crippen LogP contribution in [0.1, 0.15) is 52.5 Å². The largest absolute Gasteiger partial charge is 0.492 e. The van der Waals surface area contributed by atoms with E-state index in [2.05, 4.69) is 39.1 Å². The van der Waals surface area contributed by atoms with Gasteiger partial charge in [-0.25, -0.2) is 0 Å². The highest BCUT2D eigenvalue weighted by Crippen LogP contribution is 2.26. The van der Waals surface area contributed by atoms with Crippen LogP contribution in [-0.4, -0.2) is 12.1 Å². The Hall–Kier alpha value is -0.730. The third-order valence-electron chi connectivity index (χ3n) is 2.82. The molecule has 1 rings (SSSR count). The van der Waals surface area contributed by atoms with Gasteiger partial charge in [-0.15, -0.1) is 0 Å². The second-order valence-electron chi connectivity index (χ2n) is 5.92. The summed E-state index contributed by atoms with van der Waals surface area (Å²) in [5, 5.41) is 4.14. The van der Waals surface area contributed by atoms with E-state index in [1.165, 1.54) is 18.4 Å². The van der Waals surface area contributed by atoms with Crippen molar-refractivity contribution >= 4 is 11.6 Å². The molecular formula is C16H26ClNO. The molecule has 2 nitrogen and oxygen atoms in total. The summed E-state index contributed by atoms with van der Waals surface area (Å²) in [6.45, 7) is 10.2. The Morgan fingerprint density at radius 3 is 2.53 bits per heavy atom. The molecule has 1 N–H and O–H groups in total. The fraction of sp³-hybridized carbons (Fsp3) is 0.625. The van der Waals surface area contributed by atoms with Gasteiger partial charge >= 0.3 is 0 Å². The van der Waals surface area contributed by atoms with Gasteiger partial charge in [-0.05, 0) is 44.9 Å². The SMILES string of the molecule is CCCCCOc1ccc(CNC(C)(C)C)cc1Cl. The number of benzene rings is 1.